The molecule has 128 valence electrons. The van der Waals surface area contributed by atoms with E-state index in [0.29, 0.717) is 6.42 Å². The van der Waals surface area contributed by atoms with Crippen molar-refractivity contribution in [3.05, 3.63) is 47.5 Å². The second kappa shape index (κ2) is 8.24. The third-order valence-electron chi connectivity index (χ3n) is 3.96. The molecule has 24 heavy (non-hydrogen) atoms. The zero-order valence-corrected chi connectivity index (χ0v) is 13.4. The summed E-state index contributed by atoms with van der Waals surface area (Å²) in [5, 5.41) is 38.0. The van der Waals surface area contributed by atoms with E-state index >= 15 is 0 Å². The first-order chi connectivity index (χ1) is 11.5. The van der Waals surface area contributed by atoms with Crippen molar-refractivity contribution >= 4 is 5.78 Å². The highest BCUT2D eigenvalue weighted by Gasteiger charge is 2.15. The van der Waals surface area contributed by atoms with Gasteiger partial charge >= 0.3 is 0 Å². The maximum Gasteiger partial charge on any atom is 0.170 e. The minimum atomic E-state index is -0.256. The first-order valence-electron chi connectivity index (χ1n) is 8.04. The molecule has 4 N–H and O–H groups in total. The number of aryl methyl sites for hydroxylation is 1. The van der Waals surface area contributed by atoms with Crippen LogP contribution in [0.1, 0.15) is 48.0 Å². The number of rotatable bonds is 8. The molecular formula is C19H22O5. The fraction of sp³-hybridized carbons (Fsp3) is 0.316. The number of unbranched alkanes of at least 4 members (excludes halogenated alkanes) is 3. The maximum atomic E-state index is 12.0. The van der Waals surface area contributed by atoms with Gasteiger partial charge in [0.15, 0.2) is 17.3 Å². The Balaban J connectivity index is 1.69. The minimum Gasteiger partial charge on any atom is -0.507 e. The Bertz CT molecular complexity index is 689. The lowest BCUT2D eigenvalue weighted by atomic mass is 10.0. The van der Waals surface area contributed by atoms with Gasteiger partial charge in [0.1, 0.15) is 17.1 Å². The molecule has 0 amide bonds. The summed E-state index contributed by atoms with van der Waals surface area (Å²) in [6.07, 6.45) is 4.48. The number of carbonyl (C=O) groups is 1. The highest BCUT2D eigenvalue weighted by atomic mass is 16.3. The molecule has 2 aromatic carbocycles. The number of aromatic hydroxyl groups is 4. The number of hydrogen-bond donors (Lipinski definition) is 4. The van der Waals surface area contributed by atoms with Crippen LogP contribution in [0, 0.1) is 0 Å². The van der Waals surface area contributed by atoms with Crippen LogP contribution >= 0.6 is 0 Å². The molecule has 0 heterocycles. The highest BCUT2D eigenvalue weighted by molar-refractivity contribution is 6.01. The Morgan fingerprint density at radius 1 is 0.750 bits per heavy atom. The van der Waals surface area contributed by atoms with Crippen molar-refractivity contribution in [2.75, 3.05) is 0 Å². The van der Waals surface area contributed by atoms with E-state index in [4.69, 9.17) is 0 Å². The third-order valence-corrected chi connectivity index (χ3v) is 3.96. The Hall–Kier alpha value is -2.69. The molecule has 2 aromatic rings. The zero-order valence-electron chi connectivity index (χ0n) is 13.4. The molecule has 0 unspecified atom stereocenters. The predicted molar refractivity (Wildman–Crippen MR) is 90.7 cm³/mol. The van der Waals surface area contributed by atoms with Gasteiger partial charge in [-0.15, -0.1) is 0 Å². The monoisotopic (exact) mass is 330 g/mol. The summed E-state index contributed by atoms with van der Waals surface area (Å²) in [6, 6.07) is 9.07. The molecule has 5 nitrogen and oxygen atoms in total. The molecule has 0 atom stereocenters. The molecule has 2 rings (SSSR count). The lowest BCUT2D eigenvalue weighted by molar-refractivity contribution is 0.0973. The number of phenolic OH excluding ortho intramolecular Hbond substituents is 4. The summed E-state index contributed by atoms with van der Waals surface area (Å²) in [7, 11) is 0. The molecule has 0 aromatic heterocycles. The van der Waals surface area contributed by atoms with Crippen molar-refractivity contribution in [1.29, 1.82) is 0 Å². The summed E-state index contributed by atoms with van der Waals surface area (Å²) < 4.78 is 0. The van der Waals surface area contributed by atoms with Crippen LogP contribution < -0.4 is 0 Å². The molecule has 0 fully saturated rings. The van der Waals surface area contributed by atoms with Crippen LogP contribution in [0.3, 0.4) is 0 Å². The van der Waals surface area contributed by atoms with Crippen LogP contribution in [0.5, 0.6) is 23.0 Å². The van der Waals surface area contributed by atoms with E-state index in [0.717, 1.165) is 31.2 Å². The molecule has 0 saturated heterocycles. The maximum absolute atomic E-state index is 12.0. The van der Waals surface area contributed by atoms with E-state index in [9.17, 15) is 25.2 Å². The molecule has 0 radical (unpaired) electrons. The first kappa shape index (κ1) is 17.7. The van der Waals surface area contributed by atoms with Gasteiger partial charge in [-0.1, -0.05) is 25.0 Å². The van der Waals surface area contributed by atoms with Crippen LogP contribution in [0.15, 0.2) is 36.4 Å². The average Bonchev–Trinajstić information content (AvgIpc) is 2.54. The fourth-order valence-corrected chi connectivity index (χ4v) is 2.63. The number of benzene rings is 2. The average molecular weight is 330 g/mol. The largest absolute Gasteiger partial charge is 0.507 e. The third kappa shape index (κ3) is 4.65. The molecule has 0 aliphatic carbocycles. The van der Waals surface area contributed by atoms with Crippen LogP contribution in [0.25, 0.3) is 0 Å². The number of carbonyl (C=O) groups excluding carboxylic acids is 1. The van der Waals surface area contributed by atoms with Crippen molar-refractivity contribution in [1.82, 2.24) is 0 Å². The molecular weight excluding hydrogens is 308 g/mol. The smallest absolute Gasteiger partial charge is 0.170 e. The Labute approximate surface area is 140 Å². The summed E-state index contributed by atoms with van der Waals surface area (Å²) in [5.74, 6) is -0.862. The van der Waals surface area contributed by atoms with Crippen LogP contribution in [0.4, 0.5) is 0 Å². The van der Waals surface area contributed by atoms with Crippen molar-refractivity contribution in [3.8, 4) is 23.0 Å². The first-order valence-corrected chi connectivity index (χ1v) is 8.04. The Morgan fingerprint density at radius 2 is 1.42 bits per heavy atom. The second-order valence-corrected chi connectivity index (χ2v) is 5.83. The van der Waals surface area contributed by atoms with Crippen LogP contribution in [-0.4, -0.2) is 26.2 Å². The quantitative estimate of drug-likeness (QED) is 0.334. The van der Waals surface area contributed by atoms with Gasteiger partial charge in [-0.05, 0) is 49.1 Å². The van der Waals surface area contributed by atoms with E-state index in [-0.39, 0.29) is 40.8 Å². The summed E-state index contributed by atoms with van der Waals surface area (Å²) in [5.41, 5.74) is 0.956. The SMILES string of the molecule is O=C(CCCCCCc1ccc(O)c(O)c1)c1c(O)cccc1O. The molecule has 5 heteroatoms. The fourth-order valence-electron chi connectivity index (χ4n) is 2.63. The topological polar surface area (TPSA) is 98.0 Å². The normalized spacial score (nSPS) is 10.7. The van der Waals surface area contributed by atoms with Crippen molar-refractivity contribution in [2.24, 2.45) is 0 Å². The van der Waals surface area contributed by atoms with Gasteiger partial charge < -0.3 is 20.4 Å². The lowest BCUT2D eigenvalue weighted by Gasteiger charge is -2.06. The lowest BCUT2D eigenvalue weighted by Crippen LogP contribution is -2.00. The summed E-state index contributed by atoms with van der Waals surface area (Å²) in [6.45, 7) is 0. The van der Waals surface area contributed by atoms with Gasteiger partial charge in [-0.2, -0.15) is 0 Å². The predicted octanol–water partition coefficient (Wildman–Crippen LogP) is 3.88. The van der Waals surface area contributed by atoms with Crippen LogP contribution in [-0.2, 0) is 6.42 Å². The number of hydrogen-bond acceptors (Lipinski definition) is 5. The van der Waals surface area contributed by atoms with E-state index in [1.54, 1.807) is 12.1 Å². The zero-order chi connectivity index (χ0) is 17.5. The molecule has 0 spiro atoms. The van der Waals surface area contributed by atoms with Gasteiger partial charge in [0.2, 0.25) is 0 Å². The van der Waals surface area contributed by atoms with Crippen molar-refractivity contribution < 1.29 is 25.2 Å². The van der Waals surface area contributed by atoms with E-state index in [2.05, 4.69) is 0 Å². The Morgan fingerprint density at radius 3 is 2.08 bits per heavy atom. The van der Waals surface area contributed by atoms with Crippen molar-refractivity contribution in [3.63, 3.8) is 0 Å². The van der Waals surface area contributed by atoms with E-state index in [1.165, 1.54) is 24.3 Å². The molecule has 0 aliphatic heterocycles. The summed E-state index contributed by atoms with van der Waals surface area (Å²) >= 11 is 0. The van der Waals surface area contributed by atoms with Gasteiger partial charge in [0.05, 0.1) is 0 Å². The van der Waals surface area contributed by atoms with Gasteiger partial charge in [0, 0.05) is 6.42 Å². The van der Waals surface area contributed by atoms with Crippen LogP contribution in [0.2, 0.25) is 0 Å². The minimum absolute atomic E-state index is 0.00271. The second-order valence-electron chi connectivity index (χ2n) is 5.83. The number of Topliss-reactive ketones (excluding diaryl/α,β-unsaturated/α-hetero) is 1. The number of ketones is 1. The summed E-state index contributed by atoms with van der Waals surface area (Å²) in [4.78, 5) is 12.0. The molecule has 0 bridgehead atoms. The van der Waals surface area contributed by atoms with Gasteiger partial charge in [-0.25, -0.2) is 0 Å². The van der Waals surface area contributed by atoms with Gasteiger partial charge in [0.25, 0.3) is 0 Å². The van der Waals surface area contributed by atoms with E-state index < -0.39 is 0 Å². The van der Waals surface area contributed by atoms with Gasteiger partial charge in [-0.3, -0.25) is 4.79 Å². The molecule has 0 saturated carbocycles. The standard InChI is InChI=1S/C19H22O5/c20-14-11-10-13(12-18(14)24)6-3-1-2-4-7-15(21)19-16(22)8-5-9-17(19)23/h5,8-12,20,22-24H,1-4,6-7H2. The molecule has 0 aliphatic rings. The van der Waals surface area contributed by atoms with Crippen molar-refractivity contribution in [2.45, 2.75) is 38.5 Å². The highest BCUT2D eigenvalue weighted by Crippen LogP contribution is 2.28. The number of phenols is 4. The van der Waals surface area contributed by atoms with E-state index in [1.807, 2.05) is 0 Å². The Kier molecular flexibility index (Phi) is 6.07.